The summed E-state index contributed by atoms with van der Waals surface area (Å²) >= 11 is 11.2. The van der Waals surface area contributed by atoms with Crippen LogP contribution in [0.1, 0.15) is 20.7 Å². The van der Waals surface area contributed by atoms with Crippen LogP contribution in [-0.4, -0.2) is 34.1 Å². The number of carboxylic acid groups (broad SMARTS) is 1. The van der Waals surface area contributed by atoms with Crippen molar-refractivity contribution in [1.82, 2.24) is 9.97 Å². The van der Waals surface area contributed by atoms with Crippen molar-refractivity contribution in [2.24, 2.45) is 0 Å². The van der Waals surface area contributed by atoms with Crippen molar-refractivity contribution in [2.45, 2.75) is 0 Å². The van der Waals surface area contributed by atoms with E-state index >= 15 is 0 Å². The summed E-state index contributed by atoms with van der Waals surface area (Å²) in [6.45, 7) is 0. The van der Waals surface area contributed by atoms with Crippen LogP contribution in [0.25, 0.3) is 22.3 Å². The lowest BCUT2D eigenvalue weighted by atomic mass is 10.0. The van der Waals surface area contributed by atoms with Crippen LogP contribution in [0.15, 0.2) is 61.2 Å². The second kappa shape index (κ2) is 11.8. The van der Waals surface area contributed by atoms with Crippen LogP contribution < -0.4 is 0 Å². The molecule has 0 aliphatic heterocycles. The summed E-state index contributed by atoms with van der Waals surface area (Å²) in [4.78, 5) is 29.5. The number of aromatic nitrogens is 2. The Labute approximate surface area is 217 Å². The Bertz CT molecular complexity index is 1500. The molecule has 0 saturated heterocycles. The highest BCUT2D eigenvalue weighted by atomic mass is 35.5. The summed E-state index contributed by atoms with van der Waals surface area (Å²) in [5, 5.41) is 9.26. The SMILES string of the molecule is COC(=O)c1cncc(F)c1-c1ccc(Cl)cc1F.O=C(O)c1cncc(F)c1-c1ccc(Cl)cc1F. The molecule has 0 unspecified atom stereocenters. The zero-order chi connectivity index (χ0) is 27.3. The lowest BCUT2D eigenvalue weighted by molar-refractivity contribution is 0.0599. The molecule has 0 atom stereocenters. The predicted octanol–water partition coefficient (Wildman–Crippen LogP) is 6.85. The van der Waals surface area contributed by atoms with Gasteiger partial charge in [-0.2, -0.15) is 0 Å². The predicted molar refractivity (Wildman–Crippen MR) is 127 cm³/mol. The zero-order valence-electron chi connectivity index (χ0n) is 18.6. The highest BCUT2D eigenvalue weighted by molar-refractivity contribution is 6.31. The average Bonchev–Trinajstić information content (AvgIpc) is 2.84. The molecule has 2 heterocycles. The van der Waals surface area contributed by atoms with E-state index in [0.717, 1.165) is 44.0 Å². The number of ether oxygens (including phenoxy) is 1. The number of aromatic carboxylic acids is 1. The Morgan fingerprint density at radius 3 is 1.57 bits per heavy atom. The third kappa shape index (κ3) is 6.22. The lowest BCUT2D eigenvalue weighted by Crippen LogP contribution is -2.06. The van der Waals surface area contributed by atoms with Crippen molar-refractivity contribution >= 4 is 35.1 Å². The van der Waals surface area contributed by atoms with Crippen molar-refractivity contribution in [1.29, 1.82) is 0 Å². The largest absolute Gasteiger partial charge is 0.478 e. The highest BCUT2D eigenvalue weighted by Gasteiger charge is 2.21. The smallest absolute Gasteiger partial charge is 0.340 e. The van der Waals surface area contributed by atoms with Crippen molar-refractivity contribution in [3.8, 4) is 22.3 Å². The molecule has 12 heteroatoms. The third-order valence-electron chi connectivity index (χ3n) is 4.84. The molecular formula is C25H14Cl2F4N2O4. The van der Waals surface area contributed by atoms with E-state index in [0.29, 0.717) is 0 Å². The summed E-state index contributed by atoms with van der Waals surface area (Å²) < 4.78 is 59.6. The van der Waals surface area contributed by atoms with Gasteiger partial charge in [0, 0.05) is 44.7 Å². The first-order valence-electron chi connectivity index (χ1n) is 10.0. The topological polar surface area (TPSA) is 89.4 Å². The van der Waals surface area contributed by atoms with Crippen LogP contribution in [0.5, 0.6) is 0 Å². The molecular weight excluding hydrogens is 539 g/mol. The van der Waals surface area contributed by atoms with E-state index in [9.17, 15) is 27.2 Å². The van der Waals surface area contributed by atoms with Gasteiger partial charge in [0.15, 0.2) is 0 Å². The summed E-state index contributed by atoms with van der Waals surface area (Å²) in [7, 11) is 1.15. The van der Waals surface area contributed by atoms with Gasteiger partial charge in [-0.05, 0) is 36.4 Å². The molecule has 0 fully saturated rings. The molecule has 190 valence electrons. The first-order valence-corrected chi connectivity index (χ1v) is 10.8. The summed E-state index contributed by atoms with van der Waals surface area (Å²) in [5.41, 5.74) is -1.34. The second-order valence-corrected chi connectivity index (χ2v) is 8.01. The van der Waals surface area contributed by atoms with E-state index in [1.165, 1.54) is 24.3 Å². The van der Waals surface area contributed by atoms with Gasteiger partial charge in [0.05, 0.1) is 30.6 Å². The summed E-state index contributed by atoms with van der Waals surface area (Å²) in [6.07, 6.45) is 3.82. The van der Waals surface area contributed by atoms with Gasteiger partial charge in [0.2, 0.25) is 0 Å². The first kappa shape index (κ1) is 27.6. The molecule has 0 aliphatic rings. The molecule has 0 amide bonds. The standard InChI is InChI=1S/C13H8ClF2NO2.C12H6ClF2NO2/c1-19-13(18)9-5-17-6-11(16)12(9)8-3-2-7(14)4-10(8)15;13-6-1-2-7(9(14)3-6)11-8(12(17)18)4-16-5-10(11)15/h2-6H,1H3;1-5H,(H,17,18). The second-order valence-electron chi connectivity index (χ2n) is 7.13. The van der Waals surface area contributed by atoms with E-state index in [-0.39, 0.29) is 37.9 Å². The van der Waals surface area contributed by atoms with Gasteiger partial charge in [0.1, 0.15) is 23.3 Å². The van der Waals surface area contributed by atoms with Gasteiger partial charge >= 0.3 is 11.9 Å². The maximum atomic E-state index is 13.8. The fourth-order valence-electron chi connectivity index (χ4n) is 3.23. The summed E-state index contributed by atoms with van der Waals surface area (Å²) in [5.74, 6) is -5.43. The lowest BCUT2D eigenvalue weighted by Gasteiger charge is -2.09. The van der Waals surface area contributed by atoms with Crippen LogP contribution in [0.2, 0.25) is 10.0 Å². The monoisotopic (exact) mass is 552 g/mol. The minimum absolute atomic E-state index is 0.0790. The molecule has 4 aromatic rings. The molecule has 0 radical (unpaired) electrons. The van der Waals surface area contributed by atoms with Gasteiger partial charge in [-0.3, -0.25) is 9.97 Å². The van der Waals surface area contributed by atoms with Crippen molar-refractivity contribution in [3.05, 3.63) is 106 Å². The number of hydrogen-bond donors (Lipinski definition) is 1. The number of pyridine rings is 2. The van der Waals surface area contributed by atoms with Crippen molar-refractivity contribution < 1.29 is 37.0 Å². The van der Waals surface area contributed by atoms with Crippen LogP contribution in [0.3, 0.4) is 0 Å². The van der Waals surface area contributed by atoms with E-state index < -0.39 is 40.8 Å². The van der Waals surface area contributed by atoms with Crippen LogP contribution in [0.4, 0.5) is 17.6 Å². The molecule has 4 rings (SSSR count). The van der Waals surface area contributed by atoms with Crippen LogP contribution in [0, 0.1) is 23.3 Å². The van der Waals surface area contributed by atoms with Gasteiger partial charge < -0.3 is 9.84 Å². The number of halogens is 6. The molecule has 1 N–H and O–H groups in total. The quantitative estimate of drug-likeness (QED) is 0.220. The van der Waals surface area contributed by atoms with E-state index in [1.807, 2.05) is 0 Å². The number of benzene rings is 2. The van der Waals surface area contributed by atoms with Gasteiger partial charge in [-0.1, -0.05) is 23.2 Å². The number of esters is 1. The molecule has 6 nitrogen and oxygen atoms in total. The molecule has 0 bridgehead atoms. The Morgan fingerprint density at radius 1 is 0.730 bits per heavy atom. The maximum Gasteiger partial charge on any atom is 0.340 e. The third-order valence-corrected chi connectivity index (χ3v) is 5.31. The highest BCUT2D eigenvalue weighted by Crippen LogP contribution is 2.31. The molecule has 2 aromatic heterocycles. The number of nitrogens with zero attached hydrogens (tertiary/aromatic N) is 2. The number of rotatable bonds is 4. The number of carbonyl (C=O) groups is 2. The Balaban J connectivity index is 0.000000206. The van der Waals surface area contributed by atoms with Crippen molar-refractivity contribution in [3.63, 3.8) is 0 Å². The minimum Gasteiger partial charge on any atom is -0.478 e. The fraction of sp³-hybridized carbons (Fsp3) is 0.0400. The average molecular weight is 553 g/mol. The normalized spacial score (nSPS) is 10.4. The Hall–Kier alpha value is -4.02. The van der Waals surface area contributed by atoms with E-state index in [4.69, 9.17) is 28.3 Å². The molecule has 0 aliphatic carbocycles. The van der Waals surface area contributed by atoms with Gasteiger partial charge in [-0.15, -0.1) is 0 Å². The number of hydrogen-bond acceptors (Lipinski definition) is 5. The van der Waals surface area contributed by atoms with E-state index in [1.54, 1.807) is 0 Å². The number of carbonyl (C=O) groups excluding carboxylic acids is 1. The van der Waals surface area contributed by atoms with Gasteiger partial charge in [0.25, 0.3) is 0 Å². The maximum absolute atomic E-state index is 13.8. The van der Waals surface area contributed by atoms with Crippen molar-refractivity contribution in [2.75, 3.05) is 7.11 Å². The molecule has 0 spiro atoms. The van der Waals surface area contributed by atoms with Crippen LogP contribution >= 0.6 is 23.2 Å². The Kier molecular flexibility index (Phi) is 8.80. The molecule has 0 saturated carbocycles. The fourth-order valence-corrected chi connectivity index (χ4v) is 3.55. The Morgan fingerprint density at radius 2 is 1.16 bits per heavy atom. The summed E-state index contributed by atoms with van der Waals surface area (Å²) in [6, 6.07) is 7.30. The minimum atomic E-state index is -1.38. The molecule has 2 aromatic carbocycles. The van der Waals surface area contributed by atoms with Gasteiger partial charge in [-0.25, -0.2) is 27.2 Å². The number of carboxylic acids is 1. The zero-order valence-corrected chi connectivity index (χ0v) is 20.1. The molecule has 37 heavy (non-hydrogen) atoms. The first-order chi connectivity index (χ1) is 17.5. The van der Waals surface area contributed by atoms with Crippen LogP contribution in [-0.2, 0) is 4.74 Å². The van der Waals surface area contributed by atoms with E-state index in [2.05, 4.69) is 14.7 Å². The number of methoxy groups -OCH3 is 1.